The average molecular weight is 367 g/mol. The van der Waals surface area contributed by atoms with Crippen LogP contribution in [0.2, 0.25) is 0 Å². The number of esters is 1. The van der Waals surface area contributed by atoms with Gasteiger partial charge in [-0.25, -0.2) is 0 Å². The van der Waals surface area contributed by atoms with E-state index in [4.69, 9.17) is 4.74 Å². The molecule has 3 heteroatoms. The second-order valence-corrected chi connectivity index (χ2v) is 12.6. The monoisotopic (exact) mass is 366 g/mol. The van der Waals surface area contributed by atoms with E-state index in [1.165, 1.54) is 0 Å². The lowest BCUT2D eigenvalue weighted by molar-refractivity contribution is -0.212. The van der Waals surface area contributed by atoms with E-state index in [-0.39, 0.29) is 22.2 Å². The van der Waals surface area contributed by atoms with Crippen LogP contribution in [0.15, 0.2) is 0 Å². The summed E-state index contributed by atoms with van der Waals surface area (Å²) in [6.45, 7) is 19.2. The van der Waals surface area contributed by atoms with Crippen LogP contribution in [0, 0.1) is 21.7 Å². The molecule has 2 saturated carbocycles. The largest absolute Gasteiger partial charge is 0.459 e. The van der Waals surface area contributed by atoms with Crippen molar-refractivity contribution in [1.82, 2.24) is 0 Å². The molecule has 3 nitrogen and oxygen atoms in total. The van der Waals surface area contributed by atoms with Crippen LogP contribution in [0.1, 0.15) is 107 Å². The zero-order valence-corrected chi connectivity index (χ0v) is 18.7. The third-order valence-electron chi connectivity index (χ3n) is 6.97. The molecule has 0 saturated heterocycles. The topological polar surface area (TPSA) is 46.5 Å². The van der Waals surface area contributed by atoms with Crippen molar-refractivity contribution >= 4 is 5.97 Å². The number of carbonyl (C=O) groups excluding carboxylic acids is 1. The summed E-state index contributed by atoms with van der Waals surface area (Å²) in [6.07, 6.45) is 6.10. The fourth-order valence-corrected chi connectivity index (χ4v) is 5.91. The molecule has 0 aliphatic heterocycles. The number of carbonyl (C=O) groups is 1. The summed E-state index contributed by atoms with van der Waals surface area (Å²) in [5.41, 5.74) is -1.90. The Bertz CT molecular complexity index is 547. The third-order valence-corrected chi connectivity index (χ3v) is 6.97. The Balaban J connectivity index is 2.33. The van der Waals surface area contributed by atoms with Gasteiger partial charge in [0, 0.05) is 6.42 Å². The van der Waals surface area contributed by atoms with E-state index in [1.807, 2.05) is 6.92 Å². The minimum atomic E-state index is -0.754. The molecule has 2 fully saturated rings. The molecule has 0 heterocycles. The first-order valence-corrected chi connectivity index (χ1v) is 10.4. The predicted octanol–water partition coefficient (Wildman–Crippen LogP) is 5.88. The van der Waals surface area contributed by atoms with Crippen molar-refractivity contribution in [2.24, 2.45) is 21.7 Å². The summed E-state index contributed by atoms with van der Waals surface area (Å²) in [4.78, 5) is 13.6. The van der Waals surface area contributed by atoms with Crippen LogP contribution in [0.25, 0.3) is 0 Å². The van der Waals surface area contributed by atoms with Gasteiger partial charge in [-0.05, 0) is 68.6 Å². The number of aliphatic hydroxyl groups is 1. The first-order valence-electron chi connectivity index (χ1n) is 10.4. The highest BCUT2D eigenvalue weighted by Crippen LogP contribution is 2.57. The zero-order chi connectivity index (χ0) is 20.2. The Morgan fingerprint density at radius 3 is 2.04 bits per heavy atom. The maximum atomic E-state index is 13.6. The number of hydrogen-bond acceptors (Lipinski definition) is 3. The van der Waals surface area contributed by atoms with Crippen LogP contribution in [-0.4, -0.2) is 22.3 Å². The molecule has 2 aliphatic carbocycles. The van der Waals surface area contributed by atoms with Gasteiger partial charge in [-0.15, -0.1) is 0 Å². The van der Waals surface area contributed by atoms with Crippen molar-refractivity contribution in [1.29, 1.82) is 0 Å². The van der Waals surface area contributed by atoms with Crippen molar-refractivity contribution in [2.75, 3.05) is 0 Å². The second-order valence-electron chi connectivity index (χ2n) is 12.6. The normalized spacial score (nSPS) is 37.8. The highest BCUT2D eigenvalue weighted by atomic mass is 16.6. The fourth-order valence-electron chi connectivity index (χ4n) is 5.91. The van der Waals surface area contributed by atoms with Crippen LogP contribution in [-0.2, 0) is 9.53 Å². The van der Waals surface area contributed by atoms with E-state index in [9.17, 15) is 9.90 Å². The van der Waals surface area contributed by atoms with Gasteiger partial charge in [0.25, 0.3) is 0 Å². The van der Waals surface area contributed by atoms with E-state index in [0.717, 1.165) is 38.5 Å². The molecule has 0 aromatic heterocycles. The standard InChI is InChI=1S/C23H42O3/c1-18(2,3)13-22(9,19(4,5)6)17(24)26-23-12-10-11-20(7,15-23)14-21(8,25)16-23/h25H,10-16H2,1-9H3. The molecule has 0 aromatic rings. The molecule has 2 bridgehead atoms. The van der Waals surface area contributed by atoms with Gasteiger partial charge in [-0.3, -0.25) is 4.79 Å². The van der Waals surface area contributed by atoms with E-state index in [2.05, 4.69) is 55.4 Å². The van der Waals surface area contributed by atoms with Crippen molar-refractivity contribution in [3.05, 3.63) is 0 Å². The van der Waals surface area contributed by atoms with E-state index in [0.29, 0.717) is 6.42 Å². The fraction of sp³-hybridized carbons (Fsp3) is 0.957. The molecule has 4 unspecified atom stereocenters. The Kier molecular flexibility index (Phi) is 5.20. The van der Waals surface area contributed by atoms with Gasteiger partial charge in [-0.2, -0.15) is 0 Å². The van der Waals surface area contributed by atoms with Crippen LogP contribution >= 0.6 is 0 Å². The SMILES string of the molecule is CC(C)(C)CC(C)(C(=O)OC12CCCC(C)(CC(C)(O)C1)C2)C(C)(C)C. The average Bonchev–Trinajstić information content (AvgIpc) is 2.30. The molecule has 0 spiro atoms. The summed E-state index contributed by atoms with van der Waals surface area (Å²) in [5, 5.41) is 10.9. The number of hydrogen-bond donors (Lipinski definition) is 1. The molecule has 4 atom stereocenters. The van der Waals surface area contributed by atoms with Gasteiger partial charge < -0.3 is 9.84 Å². The molecule has 152 valence electrons. The summed E-state index contributed by atoms with van der Waals surface area (Å²) >= 11 is 0. The molecule has 2 aliphatic rings. The Hall–Kier alpha value is -0.570. The lowest BCUT2D eigenvalue weighted by Crippen LogP contribution is -2.57. The predicted molar refractivity (Wildman–Crippen MR) is 107 cm³/mol. The zero-order valence-electron chi connectivity index (χ0n) is 18.7. The maximum absolute atomic E-state index is 13.6. The minimum Gasteiger partial charge on any atom is -0.459 e. The van der Waals surface area contributed by atoms with Crippen LogP contribution in [0.3, 0.4) is 0 Å². The van der Waals surface area contributed by atoms with Gasteiger partial charge >= 0.3 is 5.97 Å². The lowest BCUT2D eigenvalue weighted by Gasteiger charge is -2.56. The van der Waals surface area contributed by atoms with Gasteiger partial charge in [0.05, 0.1) is 11.0 Å². The lowest BCUT2D eigenvalue weighted by atomic mass is 9.56. The van der Waals surface area contributed by atoms with Crippen molar-refractivity contribution in [2.45, 2.75) is 118 Å². The Morgan fingerprint density at radius 2 is 1.54 bits per heavy atom. The molecule has 0 amide bonds. The maximum Gasteiger partial charge on any atom is 0.312 e. The summed E-state index contributed by atoms with van der Waals surface area (Å²) in [7, 11) is 0. The van der Waals surface area contributed by atoms with E-state index < -0.39 is 16.6 Å². The molecule has 26 heavy (non-hydrogen) atoms. The summed E-state index contributed by atoms with van der Waals surface area (Å²) < 4.78 is 6.39. The second kappa shape index (κ2) is 6.22. The quantitative estimate of drug-likeness (QED) is 0.634. The van der Waals surface area contributed by atoms with Crippen molar-refractivity contribution < 1.29 is 14.6 Å². The smallest absolute Gasteiger partial charge is 0.312 e. The number of fused-ring (bicyclic) bond motifs is 2. The molecule has 2 rings (SSSR count). The molecule has 0 radical (unpaired) electrons. The molecular weight excluding hydrogens is 324 g/mol. The van der Waals surface area contributed by atoms with Crippen molar-refractivity contribution in [3.63, 3.8) is 0 Å². The summed E-state index contributed by atoms with van der Waals surface area (Å²) in [6, 6.07) is 0. The van der Waals surface area contributed by atoms with E-state index >= 15 is 0 Å². The Morgan fingerprint density at radius 1 is 0.962 bits per heavy atom. The Labute approximate surface area is 161 Å². The third kappa shape index (κ3) is 4.46. The number of rotatable bonds is 3. The minimum absolute atomic E-state index is 0.0395. The molecular formula is C23H42O3. The number of ether oxygens (including phenoxy) is 1. The first-order chi connectivity index (χ1) is 11.4. The van der Waals surface area contributed by atoms with Gasteiger partial charge in [0.15, 0.2) is 0 Å². The van der Waals surface area contributed by atoms with Crippen molar-refractivity contribution in [3.8, 4) is 0 Å². The van der Waals surface area contributed by atoms with Crippen LogP contribution < -0.4 is 0 Å². The van der Waals surface area contributed by atoms with Crippen LogP contribution in [0.5, 0.6) is 0 Å². The highest BCUT2D eigenvalue weighted by Gasteiger charge is 2.57. The van der Waals surface area contributed by atoms with Gasteiger partial charge in [-0.1, -0.05) is 48.5 Å². The van der Waals surface area contributed by atoms with Gasteiger partial charge in [0.2, 0.25) is 0 Å². The first kappa shape index (κ1) is 21.7. The summed E-state index contributed by atoms with van der Waals surface area (Å²) in [5.74, 6) is -0.0816. The highest BCUT2D eigenvalue weighted by molar-refractivity contribution is 5.78. The van der Waals surface area contributed by atoms with E-state index in [1.54, 1.807) is 0 Å². The van der Waals surface area contributed by atoms with Gasteiger partial charge in [0.1, 0.15) is 5.60 Å². The van der Waals surface area contributed by atoms with Crippen LogP contribution in [0.4, 0.5) is 0 Å². The molecule has 1 N–H and O–H groups in total. The molecule has 0 aromatic carbocycles.